The van der Waals surface area contributed by atoms with E-state index < -0.39 is 5.97 Å². The highest BCUT2D eigenvalue weighted by Gasteiger charge is 2.23. The van der Waals surface area contributed by atoms with E-state index >= 15 is 0 Å². The van der Waals surface area contributed by atoms with Gasteiger partial charge in [-0.1, -0.05) is 18.2 Å². The zero-order valence-electron chi connectivity index (χ0n) is 14.6. The lowest BCUT2D eigenvalue weighted by Gasteiger charge is -2.35. The summed E-state index contributed by atoms with van der Waals surface area (Å²) in [6.45, 7) is 3.80. The van der Waals surface area contributed by atoms with Gasteiger partial charge in [0.2, 0.25) is 0 Å². The number of carbonyl (C=O) groups excluding carboxylic acids is 2. The molecule has 1 aromatic carbocycles. The Hall–Kier alpha value is -3.09. The molecule has 0 radical (unpaired) electrons. The number of para-hydroxylation sites is 1. The first kappa shape index (κ1) is 17.7. The number of aryl methyl sites for hydroxylation is 1. The minimum absolute atomic E-state index is 0.0674. The highest BCUT2D eigenvalue weighted by atomic mass is 16.5. The molecule has 0 spiro atoms. The van der Waals surface area contributed by atoms with Gasteiger partial charge in [-0.05, 0) is 30.7 Å². The standard InChI is InChI=1S/C19H21N3O4/c1-14-5-4-6-15(18(14)24)19(25)26-13-17(23)22-11-9-21(10-12-22)16-7-2-3-8-20-16/h2-8,24H,9-13H2,1H3. The van der Waals surface area contributed by atoms with Crippen molar-refractivity contribution in [3.8, 4) is 5.75 Å². The number of piperazine rings is 1. The third-order valence-corrected chi connectivity index (χ3v) is 4.39. The second-order valence-corrected chi connectivity index (χ2v) is 6.10. The van der Waals surface area contributed by atoms with Gasteiger partial charge in [-0.3, -0.25) is 4.79 Å². The van der Waals surface area contributed by atoms with Crippen LogP contribution in [0, 0.1) is 6.92 Å². The number of hydrogen-bond donors (Lipinski definition) is 1. The van der Waals surface area contributed by atoms with E-state index in [1.807, 2.05) is 18.2 Å². The van der Waals surface area contributed by atoms with Crippen LogP contribution in [0.1, 0.15) is 15.9 Å². The molecular formula is C19H21N3O4. The van der Waals surface area contributed by atoms with E-state index in [-0.39, 0.29) is 23.8 Å². The van der Waals surface area contributed by atoms with E-state index in [0.717, 1.165) is 5.82 Å². The number of aromatic hydroxyl groups is 1. The summed E-state index contributed by atoms with van der Waals surface area (Å²) in [7, 11) is 0. The molecule has 2 heterocycles. The van der Waals surface area contributed by atoms with Crippen molar-refractivity contribution in [3.63, 3.8) is 0 Å². The summed E-state index contributed by atoms with van der Waals surface area (Å²) in [5.74, 6) is -0.173. The molecule has 1 saturated heterocycles. The molecule has 7 nitrogen and oxygen atoms in total. The van der Waals surface area contributed by atoms with Crippen LogP contribution in [0.5, 0.6) is 5.75 Å². The first-order chi connectivity index (χ1) is 12.6. The monoisotopic (exact) mass is 355 g/mol. The Bertz CT molecular complexity index is 787. The van der Waals surface area contributed by atoms with Crippen molar-refractivity contribution < 1.29 is 19.4 Å². The topological polar surface area (TPSA) is 83.0 Å². The van der Waals surface area contributed by atoms with Gasteiger partial charge >= 0.3 is 5.97 Å². The molecule has 3 rings (SSSR count). The molecule has 1 amide bonds. The number of pyridine rings is 1. The lowest BCUT2D eigenvalue weighted by Crippen LogP contribution is -2.50. The van der Waals surface area contributed by atoms with E-state index in [2.05, 4.69) is 9.88 Å². The van der Waals surface area contributed by atoms with Gasteiger partial charge in [-0.25, -0.2) is 9.78 Å². The predicted molar refractivity (Wildman–Crippen MR) is 96.2 cm³/mol. The molecule has 1 aromatic heterocycles. The summed E-state index contributed by atoms with van der Waals surface area (Å²) < 4.78 is 5.07. The zero-order chi connectivity index (χ0) is 18.5. The number of benzene rings is 1. The third-order valence-electron chi connectivity index (χ3n) is 4.39. The van der Waals surface area contributed by atoms with Crippen molar-refractivity contribution in [1.29, 1.82) is 0 Å². The number of phenolic OH excluding ortho intramolecular Hbond substituents is 1. The van der Waals surface area contributed by atoms with Crippen LogP contribution in [-0.2, 0) is 9.53 Å². The summed E-state index contributed by atoms with van der Waals surface area (Å²) in [6, 6.07) is 10.6. The zero-order valence-corrected chi connectivity index (χ0v) is 14.6. The molecule has 7 heteroatoms. The van der Waals surface area contributed by atoms with Crippen molar-refractivity contribution in [1.82, 2.24) is 9.88 Å². The van der Waals surface area contributed by atoms with Gasteiger partial charge in [0.1, 0.15) is 17.1 Å². The average molecular weight is 355 g/mol. The van der Waals surface area contributed by atoms with Crippen molar-refractivity contribution in [2.45, 2.75) is 6.92 Å². The molecule has 0 unspecified atom stereocenters. The maximum absolute atomic E-state index is 12.3. The van der Waals surface area contributed by atoms with Crippen molar-refractivity contribution in [3.05, 3.63) is 53.7 Å². The van der Waals surface area contributed by atoms with E-state index in [9.17, 15) is 14.7 Å². The Morgan fingerprint density at radius 1 is 1.12 bits per heavy atom. The Morgan fingerprint density at radius 2 is 1.88 bits per heavy atom. The molecule has 136 valence electrons. The van der Waals surface area contributed by atoms with Gasteiger partial charge in [0, 0.05) is 32.4 Å². The maximum atomic E-state index is 12.3. The molecule has 0 aliphatic carbocycles. The SMILES string of the molecule is Cc1cccc(C(=O)OCC(=O)N2CCN(c3ccccn3)CC2)c1O. The van der Waals surface area contributed by atoms with Gasteiger partial charge in [0.25, 0.3) is 5.91 Å². The number of hydrogen-bond acceptors (Lipinski definition) is 6. The number of esters is 1. The second-order valence-electron chi connectivity index (χ2n) is 6.10. The largest absolute Gasteiger partial charge is 0.507 e. The highest BCUT2D eigenvalue weighted by molar-refractivity contribution is 5.94. The summed E-state index contributed by atoms with van der Waals surface area (Å²) in [5, 5.41) is 9.91. The summed E-state index contributed by atoms with van der Waals surface area (Å²) in [4.78, 5) is 32.4. The number of anilines is 1. The fourth-order valence-corrected chi connectivity index (χ4v) is 2.85. The quantitative estimate of drug-likeness (QED) is 0.839. The number of carbonyl (C=O) groups is 2. The van der Waals surface area contributed by atoms with Crippen LogP contribution in [0.3, 0.4) is 0 Å². The van der Waals surface area contributed by atoms with E-state index in [1.54, 1.807) is 30.2 Å². The number of rotatable bonds is 4. The van der Waals surface area contributed by atoms with Gasteiger partial charge in [-0.15, -0.1) is 0 Å². The predicted octanol–water partition coefficient (Wildman–Crippen LogP) is 1.60. The van der Waals surface area contributed by atoms with Crippen LogP contribution in [0.2, 0.25) is 0 Å². The van der Waals surface area contributed by atoms with Crippen molar-refractivity contribution >= 4 is 17.7 Å². The minimum Gasteiger partial charge on any atom is -0.507 e. The first-order valence-corrected chi connectivity index (χ1v) is 8.45. The molecular weight excluding hydrogens is 334 g/mol. The van der Waals surface area contributed by atoms with Crippen LogP contribution < -0.4 is 4.90 Å². The average Bonchev–Trinajstić information content (AvgIpc) is 2.69. The van der Waals surface area contributed by atoms with Crippen LogP contribution in [0.15, 0.2) is 42.6 Å². The number of phenols is 1. The number of nitrogens with zero attached hydrogens (tertiary/aromatic N) is 3. The molecule has 1 fully saturated rings. The third kappa shape index (κ3) is 3.93. The fraction of sp³-hybridized carbons (Fsp3) is 0.316. The van der Waals surface area contributed by atoms with Gasteiger partial charge in [-0.2, -0.15) is 0 Å². The summed E-state index contributed by atoms with van der Waals surface area (Å²) in [6.07, 6.45) is 1.74. The minimum atomic E-state index is -0.702. The Kier molecular flexibility index (Phi) is 5.36. The fourth-order valence-electron chi connectivity index (χ4n) is 2.85. The first-order valence-electron chi connectivity index (χ1n) is 8.45. The van der Waals surface area contributed by atoms with E-state index in [4.69, 9.17) is 4.74 Å². The molecule has 2 aromatic rings. The summed E-state index contributed by atoms with van der Waals surface area (Å²) in [5.41, 5.74) is 0.647. The lowest BCUT2D eigenvalue weighted by molar-refractivity contribution is -0.134. The van der Waals surface area contributed by atoms with Crippen LogP contribution in [0.4, 0.5) is 5.82 Å². The number of aromatic nitrogens is 1. The molecule has 1 aliphatic heterocycles. The van der Waals surface area contributed by atoms with Crippen LogP contribution in [0.25, 0.3) is 0 Å². The van der Waals surface area contributed by atoms with Gasteiger partial charge < -0.3 is 19.6 Å². The highest BCUT2D eigenvalue weighted by Crippen LogP contribution is 2.22. The second kappa shape index (κ2) is 7.86. The normalized spacial score (nSPS) is 14.2. The Morgan fingerprint density at radius 3 is 2.58 bits per heavy atom. The molecule has 26 heavy (non-hydrogen) atoms. The van der Waals surface area contributed by atoms with Crippen molar-refractivity contribution in [2.24, 2.45) is 0 Å². The maximum Gasteiger partial charge on any atom is 0.342 e. The summed E-state index contributed by atoms with van der Waals surface area (Å²) >= 11 is 0. The Balaban J connectivity index is 1.50. The number of amides is 1. The molecule has 0 saturated carbocycles. The van der Waals surface area contributed by atoms with Crippen LogP contribution >= 0.6 is 0 Å². The van der Waals surface area contributed by atoms with E-state index in [1.165, 1.54) is 6.07 Å². The molecule has 0 atom stereocenters. The number of ether oxygens (including phenoxy) is 1. The molecule has 1 N–H and O–H groups in total. The smallest absolute Gasteiger partial charge is 0.342 e. The lowest BCUT2D eigenvalue weighted by atomic mass is 10.1. The molecule has 1 aliphatic rings. The molecule has 0 bridgehead atoms. The van der Waals surface area contributed by atoms with Crippen molar-refractivity contribution in [2.75, 3.05) is 37.7 Å². The van der Waals surface area contributed by atoms with Crippen LogP contribution in [-0.4, -0.2) is 59.7 Å². The van der Waals surface area contributed by atoms with Gasteiger partial charge in [0.15, 0.2) is 6.61 Å². The van der Waals surface area contributed by atoms with E-state index in [0.29, 0.717) is 31.7 Å². The Labute approximate surface area is 151 Å². The van der Waals surface area contributed by atoms with Gasteiger partial charge in [0.05, 0.1) is 0 Å².